The summed E-state index contributed by atoms with van der Waals surface area (Å²) in [6.07, 6.45) is 0.978. The van der Waals surface area contributed by atoms with Crippen molar-refractivity contribution in [3.05, 3.63) is 0 Å². The lowest BCUT2D eigenvalue weighted by molar-refractivity contribution is -0.146. The molecule has 1 fully saturated rings. The Morgan fingerprint density at radius 1 is 1.59 bits per heavy atom. The summed E-state index contributed by atoms with van der Waals surface area (Å²) in [5.41, 5.74) is -0.163. The van der Waals surface area contributed by atoms with Gasteiger partial charge in [-0.3, -0.25) is 9.59 Å². The number of carbonyl (C=O) groups is 2. The number of amides is 1. The molecule has 1 N–H and O–H groups in total. The van der Waals surface area contributed by atoms with E-state index in [1.54, 1.807) is 0 Å². The lowest BCUT2D eigenvalue weighted by Crippen LogP contribution is -2.51. The molecule has 5 heteroatoms. The highest BCUT2D eigenvalue weighted by Crippen LogP contribution is 2.22. The molecular formula is C12H22N2O3. The molecule has 5 nitrogen and oxygen atoms in total. The van der Waals surface area contributed by atoms with Gasteiger partial charge in [-0.1, -0.05) is 0 Å². The van der Waals surface area contributed by atoms with Crippen molar-refractivity contribution < 1.29 is 14.3 Å². The predicted octanol–water partition coefficient (Wildman–Crippen LogP) is 0.539. The number of nitrogens with zero attached hydrogens (tertiary/aromatic N) is 1. The van der Waals surface area contributed by atoms with E-state index in [9.17, 15) is 9.59 Å². The van der Waals surface area contributed by atoms with Gasteiger partial charge in [-0.2, -0.15) is 0 Å². The molecular weight excluding hydrogens is 220 g/mol. The van der Waals surface area contributed by atoms with Crippen molar-refractivity contribution in [3.63, 3.8) is 0 Å². The number of ether oxygens (including phenoxy) is 1. The number of rotatable bonds is 3. The fraction of sp³-hybridized carbons (Fsp3) is 0.833. The summed E-state index contributed by atoms with van der Waals surface area (Å²) in [6, 6.07) is -0.454. The Morgan fingerprint density at radius 2 is 2.24 bits per heavy atom. The largest absolute Gasteiger partial charge is 0.469 e. The third-order valence-corrected chi connectivity index (χ3v) is 3.34. The van der Waals surface area contributed by atoms with Crippen molar-refractivity contribution in [3.8, 4) is 0 Å². The Morgan fingerprint density at radius 3 is 2.76 bits per heavy atom. The number of hydrogen-bond donors (Lipinski definition) is 1. The van der Waals surface area contributed by atoms with Crippen LogP contribution in [0.15, 0.2) is 0 Å². The summed E-state index contributed by atoms with van der Waals surface area (Å²) in [5.74, 6) is -0.369. The average Bonchev–Trinajstić information content (AvgIpc) is 2.36. The molecule has 1 rings (SSSR count). The number of hydrogen-bond acceptors (Lipinski definition) is 4. The molecule has 0 aromatic rings. The first-order valence-corrected chi connectivity index (χ1v) is 6.04. The van der Waals surface area contributed by atoms with Gasteiger partial charge in [-0.05, 0) is 33.7 Å². The molecule has 1 amide bonds. The van der Waals surface area contributed by atoms with Gasteiger partial charge in [0.25, 0.3) is 0 Å². The van der Waals surface area contributed by atoms with Crippen molar-refractivity contribution in [2.75, 3.05) is 20.2 Å². The van der Waals surface area contributed by atoms with Crippen LogP contribution in [-0.4, -0.2) is 48.6 Å². The normalized spacial score (nSPS) is 24.4. The topological polar surface area (TPSA) is 58.6 Å². The highest BCUT2D eigenvalue weighted by Gasteiger charge is 2.37. The minimum atomic E-state index is -0.454. The van der Waals surface area contributed by atoms with E-state index < -0.39 is 6.04 Å². The zero-order valence-corrected chi connectivity index (χ0v) is 11.1. The molecule has 1 heterocycles. The molecule has 1 atom stereocenters. The van der Waals surface area contributed by atoms with E-state index in [2.05, 4.69) is 23.9 Å². The Hall–Kier alpha value is -1.10. The van der Waals surface area contributed by atoms with Crippen molar-refractivity contribution in [2.45, 2.75) is 45.2 Å². The van der Waals surface area contributed by atoms with Crippen LogP contribution in [0.25, 0.3) is 0 Å². The molecule has 1 aliphatic heterocycles. The van der Waals surface area contributed by atoms with Crippen molar-refractivity contribution in [2.24, 2.45) is 0 Å². The molecule has 17 heavy (non-hydrogen) atoms. The van der Waals surface area contributed by atoms with Crippen molar-refractivity contribution in [1.29, 1.82) is 0 Å². The molecule has 98 valence electrons. The first-order valence-electron chi connectivity index (χ1n) is 6.04. The van der Waals surface area contributed by atoms with Gasteiger partial charge in [-0.15, -0.1) is 0 Å². The van der Waals surface area contributed by atoms with E-state index in [1.807, 2.05) is 11.8 Å². The number of methoxy groups -OCH3 is 1. The van der Waals surface area contributed by atoms with Gasteiger partial charge in [0, 0.05) is 12.1 Å². The van der Waals surface area contributed by atoms with E-state index in [1.165, 1.54) is 7.11 Å². The molecule has 1 aliphatic rings. The SMILES string of the molecule is CCN1C(=O)C(CC(=O)OC)NCCC1(C)C. The second kappa shape index (κ2) is 5.49. The van der Waals surface area contributed by atoms with Crippen molar-refractivity contribution >= 4 is 11.9 Å². The molecule has 1 saturated heterocycles. The van der Waals surface area contributed by atoms with E-state index >= 15 is 0 Å². The summed E-state index contributed by atoms with van der Waals surface area (Å²) in [4.78, 5) is 25.4. The van der Waals surface area contributed by atoms with Gasteiger partial charge in [0.05, 0.1) is 19.6 Å². The predicted molar refractivity (Wildman–Crippen MR) is 64.5 cm³/mol. The Kier molecular flexibility index (Phi) is 4.51. The lowest BCUT2D eigenvalue weighted by Gasteiger charge is -2.37. The average molecular weight is 242 g/mol. The summed E-state index contributed by atoms with van der Waals surface area (Å²) in [5, 5.41) is 3.12. The van der Waals surface area contributed by atoms with Crippen LogP contribution in [0.4, 0.5) is 0 Å². The van der Waals surface area contributed by atoms with Crippen LogP contribution in [0.5, 0.6) is 0 Å². The van der Waals surface area contributed by atoms with Gasteiger partial charge in [0.15, 0.2) is 0 Å². The fourth-order valence-electron chi connectivity index (χ4n) is 2.25. The second-order valence-electron chi connectivity index (χ2n) is 4.93. The van der Waals surface area contributed by atoms with Crippen LogP contribution in [0.2, 0.25) is 0 Å². The summed E-state index contributed by atoms with van der Waals surface area (Å²) < 4.78 is 4.61. The van der Waals surface area contributed by atoms with E-state index in [4.69, 9.17) is 0 Å². The van der Waals surface area contributed by atoms with Gasteiger partial charge < -0.3 is 15.0 Å². The first kappa shape index (κ1) is 14.0. The third-order valence-electron chi connectivity index (χ3n) is 3.34. The van der Waals surface area contributed by atoms with Gasteiger partial charge >= 0.3 is 5.97 Å². The smallest absolute Gasteiger partial charge is 0.307 e. The van der Waals surface area contributed by atoms with Crippen LogP contribution in [0.1, 0.15) is 33.6 Å². The Labute approximate surface area is 102 Å². The molecule has 1 unspecified atom stereocenters. The van der Waals surface area contributed by atoms with Gasteiger partial charge in [-0.25, -0.2) is 0 Å². The molecule has 0 bridgehead atoms. The van der Waals surface area contributed by atoms with Crippen LogP contribution < -0.4 is 5.32 Å². The van der Waals surface area contributed by atoms with Crippen molar-refractivity contribution in [1.82, 2.24) is 10.2 Å². The Balaban J connectivity index is 2.82. The third kappa shape index (κ3) is 3.19. The molecule has 0 aliphatic carbocycles. The van der Waals surface area contributed by atoms with Crippen LogP contribution in [0.3, 0.4) is 0 Å². The standard InChI is InChI=1S/C12H22N2O3/c1-5-14-11(16)9(8-10(15)17-4)13-7-6-12(14,2)3/h9,13H,5-8H2,1-4H3. The molecule has 0 aromatic heterocycles. The maximum absolute atomic E-state index is 12.3. The number of carbonyl (C=O) groups excluding carboxylic acids is 2. The minimum absolute atomic E-state index is 0.0135. The fourth-order valence-corrected chi connectivity index (χ4v) is 2.25. The zero-order valence-electron chi connectivity index (χ0n) is 11.1. The number of nitrogens with one attached hydrogen (secondary N) is 1. The van der Waals surface area contributed by atoms with E-state index in [0.29, 0.717) is 6.54 Å². The summed E-state index contributed by atoms with van der Waals surface area (Å²) in [6.45, 7) is 7.45. The van der Waals surface area contributed by atoms with Crippen LogP contribution in [0, 0.1) is 0 Å². The first-order chi connectivity index (χ1) is 7.92. The Bertz CT molecular complexity index is 302. The van der Waals surface area contributed by atoms with Crippen LogP contribution in [-0.2, 0) is 14.3 Å². The van der Waals surface area contributed by atoms with E-state index in [0.717, 1.165) is 13.0 Å². The maximum Gasteiger partial charge on any atom is 0.307 e. The molecule has 0 aromatic carbocycles. The summed E-state index contributed by atoms with van der Waals surface area (Å²) >= 11 is 0. The highest BCUT2D eigenvalue weighted by atomic mass is 16.5. The highest BCUT2D eigenvalue weighted by molar-refractivity contribution is 5.87. The van der Waals surface area contributed by atoms with E-state index in [-0.39, 0.29) is 23.8 Å². The minimum Gasteiger partial charge on any atom is -0.469 e. The molecule has 0 spiro atoms. The quantitative estimate of drug-likeness (QED) is 0.734. The number of esters is 1. The monoisotopic (exact) mass is 242 g/mol. The summed E-state index contributed by atoms with van der Waals surface area (Å²) in [7, 11) is 1.34. The molecule has 0 radical (unpaired) electrons. The van der Waals surface area contributed by atoms with Crippen LogP contribution >= 0.6 is 0 Å². The van der Waals surface area contributed by atoms with Gasteiger partial charge in [0.1, 0.15) is 0 Å². The lowest BCUT2D eigenvalue weighted by atomic mass is 9.98. The second-order valence-corrected chi connectivity index (χ2v) is 4.93. The maximum atomic E-state index is 12.3. The molecule has 0 saturated carbocycles. The zero-order chi connectivity index (χ0) is 13.1. The van der Waals surface area contributed by atoms with Gasteiger partial charge in [0.2, 0.25) is 5.91 Å². The number of likely N-dealkylation sites (N-methyl/N-ethyl adjacent to an activating group) is 1.